The molecule has 0 unspecified atom stereocenters. The summed E-state index contributed by atoms with van der Waals surface area (Å²) in [5.74, 6) is 1.07. The summed E-state index contributed by atoms with van der Waals surface area (Å²) < 4.78 is 0. The first kappa shape index (κ1) is 10.9. The molecule has 3 heteroatoms. The number of aryl methyl sites for hydroxylation is 1. The van der Waals surface area contributed by atoms with E-state index in [1.165, 1.54) is 10.9 Å². The molecule has 2 N–H and O–H groups in total. The number of pyridine rings is 2. The van der Waals surface area contributed by atoms with Crippen molar-refractivity contribution in [3.63, 3.8) is 0 Å². The third-order valence-corrected chi connectivity index (χ3v) is 3.17. The van der Waals surface area contributed by atoms with E-state index >= 15 is 0 Å². The maximum atomic E-state index is 5.75. The van der Waals surface area contributed by atoms with Gasteiger partial charge in [-0.25, -0.2) is 4.98 Å². The van der Waals surface area contributed by atoms with Gasteiger partial charge in [0.2, 0.25) is 0 Å². The minimum absolute atomic E-state index is 0.498. The Morgan fingerprint density at radius 2 is 2.00 bits per heavy atom. The highest BCUT2D eigenvalue weighted by Gasteiger charge is 2.10. The normalized spacial score (nSPS) is 12.9. The Morgan fingerprint density at radius 1 is 1.25 bits per heavy atom. The second kappa shape index (κ2) is 4.08. The standard InChI is InChI=1S/C13H17N3/c1-4-8(2)11-6-15-9(3)12-7-16-13(14)5-10(11)12/h5-8H,4H2,1-3H3,(H2,14,16)/t8-/m1/s1. The van der Waals surface area contributed by atoms with Gasteiger partial charge in [-0.1, -0.05) is 13.8 Å². The third kappa shape index (κ3) is 1.73. The molecule has 2 rings (SSSR count). The van der Waals surface area contributed by atoms with Gasteiger partial charge in [-0.2, -0.15) is 0 Å². The van der Waals surface area contributed by atoms with Crippen LogP contribution in [0.4, 0.5) is 5.82 Å². The first-order valence-electron chi connectivity index (χ1n) is 5.64. The molecule has 0 aliphatic rings. The number of nitrogens with zero attached hydrogens (tertiary/aromatic N) is 2. The molecule has 16 heavy (non-hydrogen) atoms. The number of nitrogens with two attached hydrogens (primary N) is 1. The minimum Gasteiger partial charge on any atom is -0.384 e. The number of fused-ring (bicyclic) bond motifs is 1. The van der Waals surface area contributed by atoms with Crippen LogP contribution in [0.25, 0.3) is 10.8 Å². The number of hydrogen-bond acceptors (Lipinski definition) is 3. The molecule has 0 aliphatic carbocycles. The van der Waals surface area contributed by atoms with E-state index in [1.807, 2.05) is 25.4 Å². The Labute approximate surface area is 95.7 Å². The highest BCUT2D eigenvalue weighted by atomic mass is 14.8. The smallest absolute Gasteiger partial charge is 0.123 e. The maximum Gasteiger partial charge on any atom is 0.123 e. The number of aromatic nitrogens is 2. The Balaban J connectivity index is 2.75. The first-order valence-corrected chi connectivity index (χ1v) is 5.64. The Morgan fingerprint density at radius 3 is 2.69 bits per heavy atom. The number of anilines is 1. The van der Waals surface area contributed by atoms with Crippen LogP contribution in [0.5, 0.6) is 0 Å². The zero-order valence-electron chi connectivity index (χ0n) is 9.99. The predicted molar refractivity (Wildman–Crippen MR) is 67.4 cm³/mol. The van der Waals surface area contributed by atoms with Crippen molar-refractivity contribution in [2.24, 2.45) is 0 Å². The lowest BCUT2D eigenvalue weighted by molar-refractivity contribution is 0.735. The van der Waals surface area contributed by atoms with Crippen molar-refractivity contribution in [2.75, 3.05) is 5.73 Å². The van der Waals surface area contributed by atoms with Crippen LogP contribution in [0, 0.1) is 6.92 Å². The van der Waals surface area contributed by atoms with Crippen LogP contribution in [0.2, 0.25) is 0 Å². The molecule has 2 aromatic heterocycles. The summed E-state index contributed by atoms with van der Waals surface area (Å²) in [4.78, 5) is 8.56. The predicted octanol–water partition coefficient (Wildman–Crippen LogP) is 3.03. The SMILES string of the molecule is CC[C@@H](C)c1cnc(C)c2cnc(N)cc12. The van der Waals surface area contributed by atoms with Gasteiger partial charge in [0.1, 0.15) is 5.82 Å². The average molecular weight is 215 g/mol. The Hall–Kier alpha value is -1.64. The van der Waals surface area contributed by atoms with Gasteiger partial charge in [-0.3, -0.25) is 4.98 Å². The largest absolute Gasteiger partial charge is 0.384 e. The van der Waals surface area contributed by atoms with E-state index in [2.05, 4.69) is 23.8 Å². The summed E-state index contributed by atoms with van der Waals surface area (Å²) in [5, 5.41) is 2.29. The van der Waals surface area contributed by atoms with Gasteiger partial charge in [0, 0.05) is 23.5 Å². The molecular weight excluding hydrogens is 198 g/mol. The Bertz CT molecular complexity index is 520. The molecule has 0 fully saturated rings. The van der Waals surface area contributed by atoms with E-state index in [0.717, 1.165) is 17.5 Å². The summed E-state index contributed by atoms with van der Waals surface area (Å²) in [5.41, 5.74) is 8.02. The topological polar surface area (TPSA) is 51.8 Å². The van der Waals surface area contributed by atoms with Crippen LogP contribution >= 0.6 is 0 Å². The molecule has 0 saturated carbocycles. The molecule has 2 heterocycles. The molecule has 0 spiro atoms. The van der Waals surface area contributed by atoms with E-state index < -0.39 is 0 Å². The molecular formula is C13H17N3. The summed E-state index contributed by atoms with van der Waals surface area (Å²) >= 11 is 0. The monoisotopic (exact) mass is 215 g/mol. The van der Waals surface area contributed by atoms with Crippen molar-refractivity contribution in [3.05, 3.63) is 29.7 Å². The van der Waals surface area contributed by atoms with Gasteiger partial charge in [0.15, 0.2) is 0 Å². The fourth-order valence-electron chi connectivity index (χ4n) is 1.92. The number of nitrogen functional groups attached to an aromatic ring is 1. The fraction of sp³-hybridized carbons (Fsp3) is 0.385. The van der Waals surface area contributed by atoms with Gasteiger partial charge in [-0.15, -0.1) is 0 Å². The lowest BCUT2D eigenvalue weighted by atomic mass is 9.95. The van der Waals surface area contributed by atoms with Crippen LogP contribution < -0.4 is 5.73 Å². The quantitative estimate of drug-likeness (QED) is 0.837. The molecule has 0 aliphatic heterocycles. The molecule has 84 valence electrons. The molecule has 0 radical (unpaired) electrons. The second-order valence-electron chi connectivity index (χ2n) is 4.26. The average Bonchev–Trinajstić information content (AvgIpc) is 2.28. The van der Waals surface area contributed by atoms with Crippen molar-refractivity contribution in [3.8, 4) is 0 Å². The van der Waals surface area contributed by atoms with E-state index in [4.69, 9.17) is 5.73 Å². The van der Waals surface area contributed by atoms with E-state index in [1.54, 1.807) is 0 Å². The lowest BCUT2D eigenvalue weighted by Gasteiger charge is -2.13. The van der Waals surface area contributed by atoms with Gasteiger partial charge >= 0.3 is 0 Å². The maximum absolute atomic E-state index is 5.75. The van der Waals surface area contributed by atoms with Crippen LogP contribution in [0.1, 0.15) is 37.4 Å². The van der Waals surface area contributed by atoms with Crippen molar-refractivity contribution in [1.82, 2.24) is 9.97 Å². The van der Waals surface area contributed by atoms with Gasteiger partial charge in [-0.05, 0) is 36.3 Å². The molecule has 0 aromatic carbocycles. The number of hydrogen-bond donors (Lipinski definition) is 1. The summed E-state index contributed by atoms with van der Waals surface area (Å²) in [6.07, 6.45) is 4.88. The van der Waals surface area contributed by atoms with Gasteiger partial charge < -0.3 is 5.73 Å². The van der Waals surface area contributed by atoms with Crippen molar-refractivity contribution < 1.29 is 0 Å². The van der Waals surface area contributed by atoms with E-state index in [0.29, 0.717) is 11.7 Å². The highest BCUT2D eigenvalue weighted by Crippen LogP contribution is 2.28. The van der Waals surface area contributed by atoms with Crippen LogP contribution in [-0.2, 0) is 0 Å². The van der Waals surface area contributed by atoms with Gasteiger partial charge in [0.05, 0.1) is 0 Å². The van der Waals surface area contributed by atoms with E-state index in [9.17, 15) is 0 Å². The molecule has 2 aromatic rings. The molecule has 0 bridgehead atoms. The molecule has 0 amide bonds. The fourth-order valence-corrected chi connectivity index (χ4v) is 1.92. The van der Waals surface area contributed by atoms with Crippen molar-refractivity contribution >= 4 is 16.6 Å². The van der Waals surface area contributed by atoms with Crippen LogP contribution in [0.15, 0.2) is 18.5 Å². The lowest BCUT2D eigenvalue weighted by Crippen LogP contribution is -1.98. The highest BCUT2D eigenvalue weighted by molar-refractivity contribution is 5.88. The zero-order valence-corrected chi connectivity index (χ0v) is 9.99. The van der Waals surface area contributed by atoms with Crippen LogP contribution in [0.3, 0.4) is 0 Å². The zero-order chi connectivity index (χ0) is 11.7. The summed E-state index contributed by atoms with van der Waals surface area (Å²) in [6.45, 7) is 6.39. The first-order chi connectivity index (χ1) is 7.63. The summed E-state index contributed by atoms with van der Waals surface area (Å²) in [7, 11) is 0. The number of rotatable bonds is 2. The molecule has 3 nitrogen and oxygen atoms in total. The second-order valence-corrected chi connectivity index (χ2v) is 4.26. The van der Waals surface area contributed by atoms with Gasteiger partial charge in [0.25, 0.3) is 0 Å². The summed E-state index contributed by atoms with van der Waals surface area (Å²) in [6, 6.07) is 1.95. The Kier molecular flexibility index (Phi) is 2.77. The van der Waals surface area contributed by atoms with E-state index in [-0.39, 0.29) is 0 Å². The molecule has 1 atom stereocenters. The van der Waals surface area contributed by atoms with Crippen molar-refractivity contribution in [2.45, 2.75) is 33.1 Å². The van der Waals surface area contributed by atoms with Crippen LogP contribution in [-0.4, -0.2) is 9.97 Å². The minimum atomic E-state index is 0.498. The van der Waals surface area contributed by atoms with Crippen molar-refractivity contribution in [1.29, 1.82) is 0 Å². The third-order valence-electron chi connectivity index (χ3n) is 3.17. The molecule has 0 saturated heterocycles.